The van der Waals surface area contributed by atoms with E-state index in [2.05, 4.69) is 0 Å². The molecule has 2 rings (SSSR count). The molecule has 2 amide bonds. The fraction of sp³-hybridized carbons (Fsp3) is 0.571. The van der Waals surface area contributed by atoms with Gasteiger partial charge in [0.05, 0.1) is 6.42 Å². The van der Waals surface area contributed by atoms with Gasteiger partial charge in [0.1, 0.15) is 12.6 Å². The molecule has 0 aromatic heterocycles. The summed E-state index contributed by atoms with van der Waals surface area (Å²) in [6, 6.07) is 8.47. The van der Waals surface area contributed by atoms with E-state index in [0.717, 1.165) is 36.3 Å². The number of hydrogen-bond acceptors (Lipinski definition) is 5. The molecular weight excluding hydrogens is 360 g/mol. The van der Waals surface area contributed by atoms with E-state index < -0.39 is 24.0 Å². The quantitative estimate of drug-likeness (QED) is 0.695. The van der Waals surface area contributed by atoms with Crippen molar-refractivity contribution >= 4 is 18.0 Å². The fourth-order valence-corrected chi connectivity index (χ4v) is 3.27. The van der Waals surface area contributed by atoms with Crippen molar-refractivity contribution in [2.45, 2.75) is 58.1 Å². The summed E-state index contributed by atoms with van der Waals surface area (Å²) in [6.45, 7) is 1.69. The van der Waals surface area contributed by atoms with Crippen molar-refractivity contribution in [3.05, 3.63) is 35.9 Å². The van der Waals surface area contributed by atoms with Crippen molar-refractivity contribution in [2.24, 2.45) is 5.92 Å². The van der Waals surface area contributed by atoms with Gasteiger partial charge in [-0.2, -0.15) is 5.06 Å². The lowest BCUT2D eigenvalue weighted by Gasteiger charge is -2.27. The second-order valence-electron chi connectivity index (χ2n) is 7.33. The van der Waals surface area contributed by atoms with Gasteiger partial charge in [-0.3, -0.25) is 9.69 Å². The molecule has 1 aliphatic rings. The highest BCUT2D eigenvalue weighted by Crippen LogP contribution is 2.26. The minimum atomic E-state index is -0.823. The first kappa shape index (κ1) is 21.7. The standard InChI is InChI=1S/C21H30N2O5/c1-16(22(2)21(26)27-15-18-12-8-5-9-13-18)20(25)23(3)28-19(24)14-17-10-6-4-7-11-17/h5,8-9,12-13,16-17H,4,6-7,10-11,14-15H2,1-3H3/t16-/m0/s1. The fourth-order valence-electron chi connectivity index (χ4n) is 3.27. The molecule has 1 saturated carbocycles. The summed E-state index contributed by atoms with van der Waals surface area (Å²) in [5, 5.41) is 0.913. The molecule has 1 aromatic rings. The van der Waals surface area contributed by atoms with Crippen LogP contribution in [0.3, 0.4) is 0 Å². The molecule has 7 nitrogen and oxygen atoms in total. The third-order valence-electron chi connectivity index (χ3n) is 5.16. The normalized spacial score (nSPS) is 15.4. The molecule has 1 atom stereocenters. The zero-order valence-electron chi connectivity index (χ0n) is 16.9. The van der Waals surface area contributed by atoms with Gasteiger partial charge in [-0.05, 0) is 31.2 Å². The number of benzene rings is 1. The minimum absolute atomic E-state index is 0.122. The molecule has 0 aliphatic heterocycles. The van der Waals surface area contributed by atoms with Crippen molar-refractivity contribution < 1.29 is 24.0 Å². The molecule has 1 aromatic carbocycles. The molecule has 0 radical (unpaired) electrons. The van der Waals surface area contributed by atoms with E-state index in [1.165, 1.54) is 25.4 Å². The molecule has 0 bridgehead atoms. The maximum atomic E-state index is 12.5. The second-order valence-corrected chi connectivity index (χ2v) is 7.33. The molecule has 1 fully saturated rings. The van der Waals surface area contributed by atoms with Gasteiger partial charge in [-0.1, -0.05) is 49.6 Å². The number of rotatable bonds is 6. The van der Waals surface area contributed by atoms with Crippen LogP contribution >= 0.6 is 0 Å². The number of hydroxylamine groups is 2. The summed E-state index contributed by atoms with van der Waals surface area (Å²) in [5.41, 5.74) is 0.858. The Morgan fingerprint density at radius 1 is 1.07 bits per heavy atom. The zero-order valence-corrected chi connectivity index (χ0v) is 16.9. The predicted octanol–water partition coefficient (Wildman–Crippen LogP) is 3.53. The molecule has 28 heavy (non-hydrogen) atoms. The molecule has 0 spiro atoms. The summed E-state index contributed by atoms with van der Waals surface area (Å²) >= 11 is 0. The smallest absolute Gasteiger partial charge is 0.410 e. The average Bonchev–Trinajstić information content (AvgIpc) is 2.71. The third kappa shape index (κ3) is 6.55. The highest BCUT2D eigenvalue weighted by Gasteiger charge is 2.29. The Balaban J connectivity index is 1.78. The van der Waals surface area contributed by atoms with Gasteiger partial charge >= 0.3 is 12.1 Å². The maximum absolute atomic E-state index is 12.5. The van der Waals surface area contributed by atoms with Crippen LogP contribution in [0.2, 0.25) is 0 Å². The number of amides is 2. The molecule has 1 aliphatic carbocycles. The highest BCUT2D eigenvalue weighted by atomic mass is 16.7. The molecule has 0 N–H and O–H groups in total. The number of likely N-dealkylation sites (N-methyl/N-ethyl adjacent to an activating group) is 2. The third-order valence-corrected chi connectivity index (χ3v) is 5.16. The van der Waals surface area contributed by atoms with E-state index in [4.69, 9.17) is 9.57 Å². The van der Waals surface area contributed by atoms with Crippen LogP contribution in [0.1, 0.15) is 51.0 Å². The zero-order chi connectivity index (χ0) is 20.5. The first-order valence-corrected chi connectivity index (χ1v) is 9.80. The van der Waals surface area contributed by atoms with Gasteiger partial charge in [-0.15, -0.1) is 0 Å². The van der Waals surface area contributed by atoms with Crippen LogP contribution in [-0.2, 0) is 25.8 Å². The maximum Gasteiger partial charge on any atom is 0.410 e. The Labute approximate surface area is 166 Å². The summed E-state index contributed by atoms with van der Waals surface area (Å²) < 4.78 is 5.23. The van der Waals surface area contributed by atoms with Gasteiger partial charge in [-0.25, -0.2) is 9.59 Å². The van der Waals surface area contributed by atoms with E-state index >= 15 is 0 Å². The summed E-state index contributed by atoms with van der Waals surface area (Å²) in [4.78, 5) is 43.1. The number of ether oxygens (including phenoxy) is 1. The molecule has 154 valence electrons. The lowest BCUT2D eigenvalue weighted by molar-refractivity contribution is -0.195. The predicted molar refractivity (Wildman–Crippen MR) is 104 cm³/mol. The highest BCUT2D eigenvalue weighted by molar-refractivity contribution is 5.85. The first-order chi connectivity index (χ1) is 13.4. The van der Waals surface area contributed by atoms with Crippen molar-refractivity contribution in [1.82, 2.24) is 9.96 Å². The molecule has 0 unspecified atom stereocenters. The van der Waals surface area contributed by atoms with Crippen LogP contribution in [-0.4, -0.2) is 48.1 Å². The van der Waals surface area contributed by atoms with Crippen molar-refractivity contribution in [3.63, 3.8) is 0 Å². The SMILES string of the molecule is C[C@@H](C(=O)N(C)OC(=O)CC1CCCCC1)N(C)C(=O)OCc1ccccc1. The molecule has 0 saturated heterocycles. The number of carbonyl (C=O) groups excluding carboxylic acids is 3. The summed E-state index contributed by atoms with van der Waals surface area (Å²) in [6.07, 6.45) is 5.25. The number of hydrogen-bond donors (Lipinski definition) is 0. The van der Waals surface area contributed by atoms with E-state index in [0.29, 0.717) is 12.3 Å². The van der Waals surface area contributed by atoms with Crippen LogP contribution in [0.25, 0.3) is 0 Å². The van der Waals surface area contributed by atoms with Crippen molar-refractivity contribution in [2.75, 3.05) is 14.1 Å². The topological polar surface area (TPSA) is 76.2 Å². The van der Waals surface area contributed by atoms with E-state index in [-0.39, 0.29) is 6.61 Å². The second kappa shape index (κ2) is 10.7. The lowest BCUT2D eigenvalue weighted by Crippen LogP contribution is -2.47. The Bertz CT molecular complexity index is 658. The molecule has 0 heterocycles. The monoisotopic (exact) mass is 390 g/mol. The Kier molecular flexibility index (Phi) is 8.29. The van der Waals surface area contributed by atoms with Gasteiger partial charge in [0.25, 0.3) is 5.91 Å². The molecular formula is C21H30N2O5. The summed E-state index contributed by atoms with van der Waals surface area (Å²) in [5.74, 6) is -0.571. The largest absolute Gasteiger partial charge is 0.445 e. The van der Waals surface area contributed by atoms with E-state index in [1.807, 2.05) is 30.3 Å². The van der Waals surface area contributed by atoms with E-state index in [1.54, 1.807) is 6.92 Å². The minimum Gasteiger partial charge on any atom is -0.445 e. The Morgan fingerprint density at radius 2 is 1.71 bits per heavy atom. The lowest BCUT2D eigenvalue weighted by atomic mass is 9.87. The van der Waals surface area contributed by atoms with Crippen LogP contribution in [0.5, 0.6) is 0 Å². The van der Waals surface area contributed by atoms with Crippen LogP contribution in [0.4, 0.5) is 4.79 Å². The number of nitrogens with zero attached hydrogens (tertiary/aromatic N) is 2. The molecule has 7 heteroatoms. The first-order valence-electron chi connectivity index (χ1n) is 9.80. The van der Waals surface area contributed by atoms with Gasteiger partial charge in [0.2, 0.25) is 0 Å². The van der Waals surface area contributed by atoms with Crippen LogP contribution < -0.4 is 0 Å². The van der Waals surface area contributed by atoms with Crippen molar-refractivity contribution in [1.29, 1.82) is 0 Å². The van der Waals surface area contributed by atoms with Gasteiger partial charge in [0.15, 0.2) is 0 Å². The van der Waals surface area contributed by atoms with Crippen LogP contribution in [0, 0.1) is 5.92 Å². The van der Waals surface area contributed by atoms with E-state index in [9.17, 15) is 14.4 Å². The van der Waals surface area contributed by atoms with Gasteiger partial charge in [0, 0.05) is 14.1 Å². The Hall–Kier alpha value is -2.57. The average molecular weight is 390 g/mol. The Morgan fingerprint density at radius 3 is 2.36 bits per heavy atom. The summed E-state index contributed by atoms with van der Waals surface area (Å²) in [7, 11) is 2.87. The van der Waals surface area contributed by atoms with Gasteiger partial charge < -0.3 is 9.57 Å². The number of carbonyl (C=O) groups is 3. The van der Waals surface area contributed by atoms with Crippen molar-refractivity contribution in [3.8, 4) is 0 Å². The van der Waals surface area contributed by atoms with Crippen LogP contribution in [0.15, 0.2) is 30.3 Å².